The molecule has 0 bridgehead atoms. The highest BCUT2D eigenvalue weighted by molar-refractivity contribution is 7.19. The summed E-state index contributed by atoms with van der Waals surface area (Å²) in [5.74, 6) is 1.29. The molecule has 0 aromatic carbocycles. The van der Waals surface area contributed by atoms with E-state index in [4.69, 9.17) is 20.9 Å². The lowest BCUT2D eigenvalue weighted by Crippen LogP contribution is -2.25. The zero-order chi connectivity index (χ0) is 25.5. The lowest BCUT2D eigenvalue weighted by molar-refractivity contribution is -0.109. The van der Waals surface area contributed by atoms with E-state index < -0.39 is 0 Å². The minimum absolute atomic E-state index is 0.366. The highest BCUT2D eigenvalue weighted by Crippen LogP contribution is 2.31. The molecule has 0 saturated carbocycles. The van der Waals surface area contributed by atoms with Crippen LogP contribution in [0.2, 0.25) is 0 Å². The molecular formula is C25H30N8O2S. The molecule has 188 valence electrons. The summed E-state index contributed by atoms with van der Waals surface area (Å²) in [7, 11) is 0. The number of hydrogen-bond acceptors (Lipinski definition) is 9. The van der Waals surface area contributed by atoms with E-state index in [-0.39, 0.29) is 0 Å². The Balaban J connectivity index is 1.68. The van der Waals surface area contributed by atoms with Crippen LogP contribution in [0.1, 0.15) is 25.2 Å². The standard InChI is InChI=1S/C25H30N8O2S/c1-3-30(11-13-34)17-20-7-9-32(28-20)24-15-19(22-5-6-23(26)36-22)16-25(27-24)33-10-8-21(29-33)18-31(4-2)12-14-35/h5-10,13-16H,3-4,11-12,17-18,26H2,1-2H3. The Kier molecular flexibility index (Phi) is 8.36. The number of nitrogens with zero attached hydrogens (tertiary/aromatic N) is 7. The Bertz CT molecular complexity index is 1230. The van der Waals surface area contributed by atoms with Gasteiger partial charge < -0.3 is 15.3 Å². The van der Waals surface area contributed by atoms with Crippen molar-refractivity contribution in [2.45, 2.75) is 26.9 Å². The molecule has 0 aliphatic carbocycles. The maximum Gasteiger partial charge on any atom is 0.156 e. The summed E-state index contributed by atoms with van der Waals surface area (Å²) in [5.41, 5.74) is 8.66. The topological polar surface area (TPSA) is 115 Å². The van der Waals surface area contributed by atoms with E-state index in [9.17, 15) is 9.59 Å². The zero-order valence-corrected chi connectivity index (χ0v) is 21.3. The van der Waals surface area contributed by atoms with Crippen molar-refractivity contribution in [3.63, 3.8) is 0 Å². The van der Waals surface area contributed by atoms with E-state index in [2.05, 4.69) is 0 Å². The average Bonchev–Trinajstić information content (AvgIpc) is 3.64. The van der Waals surface area contributed by atoms with Crippen molar-refractivity contribution in [1.29, 1.82) is 0 Å². The summed E-state index contributed by atoms with van der Waals surface area (Å²) in [6.07, 6.45) is 5.55. The van der Waals surface area contributed by atoms with Gasteiger partial charge in [0.1, 0.15) is 12.6 Å². The summed E-state index contributed by atoms with van der Waals surface area (Å²) in [4.78, 5) is 31.8. The molecular weight excluding hydrogens is 476 g/mol. The molecule has 4 heterocycles. The van der Waals surface area contributed by atoms with Gasteiger partial charge in [0.15, 0.2) is 11.6 Å². The molecule has 4 aromatic heterocycles. The Labute approximate surface area is 214 Å². The number of rotatable bonds is 13. The van der Waals surface area contributed by atoms with E-state index in [0.717, 1.165) is 52.5 Å². The Morgan fingerprint density at radius 2 is 1.39 bits per heavy atom. The number of anilines is 1. The summed E-state index contributed by atoms with van der Waals surface area (Å²) >= 11 is 1.50. The second-order valence-corrected chi connectivity index (χ2v) is 9.38. The van der Waals surface area contributed by atoms with Gasteiger partial charge in [-0.15, -0.1) is 11.3 Å². The van der Waals surface area contributed by atoms with Gasteiger partial charge in [0.2, 0.25) is 0 Å². The van der Waals surface area contributed by atoms with Crippen LogP contribution in [0, 0.1) is 0 Å². The maximum absolute atomic E-state index is 10.9. The molecule has 0 aliphatic heterocycles. The van der Waals surface area contributed by atoms with Crippen molar-refractivity contribution >= 4 is 28.9 Å². The first kappa shape index (κ1) is 25.4. The van der Waals surface area contributed by atoms with E-state index in [0.29, 0.717) is 37.8 Å². The number of likely N-dealkylation sites (N-methyl/N-ethyl adjacent to an activating group) is 2. The highest BCUT2D eigenvalue weighted by Gasteiger charge is 2.14. The summed E-state index contributed by atoms with van der Waals surface area (Å²) in [6.45, 7) is 7.43. The molecule has 0 amide bonds. The molecule has 0 fully saturated rings. The van der Waals surface area contributed by atoms with Gasteiger partial charge >= 0.3 is 0 Å². The fourth-order valence-corrected chi connectivity index (χ4v) is 4.58. The predicted octanol–water partition coefficient (Wildman–Crippen LogP) is 2.81. The average molecular weight is 507 g/mol. The van der Waals surface area contributed by atoms with Gasteiger partial charge in [0.05, 0.1) is 29.5 Å². The number of nitrogen functional groups attached to an aromatic ring is 1. The molecule has 36 heavy (non-hydrogen) atoms. The van der Waals surface area contributed by atoms with E-state index in [1.807, 2.05) is 72.4 Å². The molecule has 10 nitrogen and oxygen atoms in total. The summed E-state index contributed by atoms with van der Waals surface area (Å²) in [6, 6.07) is 11.7. The lowest BCUT2D eigenvalue weighted by Gasteiger charge is -2.15. The fourth-order valence-electron chi connectivity index (χ4n) is 3.81. The number of aromatic nitrogens is 5. The van der Waals surface area contributed by atoms with Crippen LogP contribution in [-0.2, 0) is 22.7 Å². The molecule has 0 radical (unpaired) electrons. The minimum atomic E-state index is 0.366. The van der Waals surface area contributed by atoms with Crippen LogP contribution in [0.15, 0.2) is 48.8 Å². The fraction of sp³-hybridized carbons (Fsp3) is 0.320. The molecule has 0 atom stereocenters. The first-order valence-corrected chi connectivity index (χ1v) is 12.6. The number of thiophene rings is 1. The SMILES string of the molecule is CCN(CC=O)Cc1ccn(-c2cc(-c3ccc(N)s3)cc(-n3ccc(CN(CC)CC=O)n3)n2)n1. The van der Waals surface area contributed by atoms with Gasteiger partial charge in [-0.05, 0) is 55.1 Å². The van der Waals surface area contributed by atoms with Crippen molar-refractivity contribution in [2.75, 3.05) is 31.9 Å². The van der Waals surface area contributed by atoms with Crippen LogP contribution in [-0.4, -0.2) is 73.1 Å². The van der Waals surface area contributed by atoms with Crippen molar-refractivity contribution in [3.05, 3.63) is 60.2 Å². The molecule has 2 N–H and O–H groups in total. The molecule has 4 rings (SSSR count). The molecule has 0 aliphatic rings. The van der Waals surface area contributed by atoms with Gasteiger partial charge in [-0.2, -0.15) is 10.2 Å². The number of aldehydes is 2. The number of carbonyl (C=O) groups excluding carboxylic acids is 2. The first-order chi connectivity index (χ1) is 17.5. The number of nitrogens with two attached hydrogens (primary N) is 1. The van der Waals surface area contributed by atoms with Gasteiger partial charge in [0, 0.05) is 30.4 Å². The van der Waals surface area contributed by atoms with Crippen LogP contribution >= 0.6 is 11.3 Å². The third kappa shape index (κ3) is 6.11. The van der Waals surface area contributed by atoms with Crippen molar-refractivity contribution in [3.8, 4) is 22.1 Å². The predicted molar refractivity (Wildman–Crippen MR) is 140 cm³/mol. The smallest absolute Gasteiger partial charge is 0.156 e. The largest absolute Gasteiger partial charge is 0.391 e. The minimum Gasteiger partial charge on any atom is -0.391 e. The first-order valence-electron chi connectivity index (χ1n) is 11.8. The molecule has 0 unspecified atom stereocenters. The normalized spacial score (nSPS) is 11.4. The van der Waals surface area contributed by atoms with Crippen LogP contribution < -0.4 is 5.73 Å². The lowest BCUT2D eigenvalue weighted by atomic mass is 10.2. The third-order valence-electron chi connectivity index (χ3n) is 5.80. The summed E-state index contributed by atoms with van der Waals surface area (Å²) in [5, 5.41) is 10.1. The second-order valence-electron chi connectivity index (χ2n) is 8.27. The van der Waals surface area contributed by atoms with Crippen LogP contribution in [0.3, 0.4) is 0 Å². The van der Waals surface area contributed by atoms with Crippen molar-refractivity contribution in [2.24, 2.45) is 0 Å². The Morgan fingerprint density at radius 1 is 0.861 bits per heavy atom. The zero-order valence-electron chi connectivity index (χ0n) is 20.4. The van der Waals surface area contributed by atoms with Crippen LogP contribution in [0.25, 0.3) is 22.1 Å². The monoisotopic (exact) mass is 506 g/mol. The Hall–Kier alpha value is -3.67. The van der Waals surface area contributed by atoms with Gasteiger partial charge in [-0.1, -0.05) is 13.8 Å². The number of carbonyl (C=O) groups is 2. The third-order valence-corrected chi connectivity index (χ3v) is 6.76. The number of hydrogen-bond donors (Lipinski definition) is 1. The maximum atomic E-state index is 10.9. The van der Waals surface area contributed by atoms with Gasteiger partial charge in [0.25, 0.3) is 0 Å². The van der Waals surface area contributed by atoms with Crippen molar-refractivity contribution < 1.29 is 9.59 Å². The quantitative estimate of drug-likeness (QED) is 0.275. The Morgan fingerprint density at radius 3 is 1.81 bits per heavy atom. The summed E-state index contributed by atoms with van der Waals surface area (Å²) < 4.78 is 3.47. The van der Waals surface area contributed by atoms with E-state index >= 15 is 0 Å². The van der Waals surface area contributed by atoms with Gasteiger partial charge in [-0.3, -0.25) is 9.80 Å². The van der Waals surface area contributed by atoms with Gasteiger partial charge in [-0.25, -0.2) is 14.3 Å². The van der Waals surface area contributed by atoms with Crippen molar-refractivity contribution in [1.82, 2.24) is 34.3 Å². The second kappa shape index (κ2) is 11.8. The molecule has 0 spiro atoms. The van der Waals surface area contributed by atoms with E-state index in [1.54, 1.807) is 9.36 Å². The molecule has 4 aromatic rings. The van der Waals surface area contributed by atoms with Crippen LogP contribution in [0.4, 0.5) is 5.00 Å². The highest BCUT2D eigenvalue weighted by atomic mass is 32.1. The number of pyridine rings is 1. The molecule has 11 heteroatoms. The van der Waals surface area contributed by atoms with E-state index in [1.165, 1.54) is 11.3 Å². The van der Waals surface area contributed by atoms with Crippen LogP contribution in [0.5, 0.6) is 0 Å². The molecule has 0 saturated heterocycles.